The van der Waals surface area contributed by atoms with Crippen molar-refractivity contribution >= 4 is 6.09 Å². The number of aliphatic hydroxyl groups is 1. The van der Waals surface area contributed by atoms with Gasteiger partial charge in [0, 0.05) is 6.54 Å². The van der Waals surface area contributed by atoms with Crippen LogP contribution in [0, 0.1) is 0 Å². The van der Waals surface area contributed by atoms with Gasteiger partial charge in [0.2, 0.25) is 0 Å². The maximum Gasteiger partial charge on any atom is 0.410 e. The Morgan fingerprint density at radius 1 is 1.50 bits per heavy atom. The van der Waals surface area contributed by atoms with Crippen molar-refractivity contribution in [2.24, 2.45) is 0 Å². The van der Waals surface area contributed by atoms with E-state index in [4.69, 9.17) is 14.6 Å². The standard InChI is InChI=1S/C11H21NO4/c1-11(2,3)16-10(14)12-5-4-9(8-12)15-7-6-13/h9,13H,4-8H2,1-3H3. The first-order valence-electron chi connectivity index (χ1n) is 5.63. The third kappa shape index (κ3) is 4.37. The van der Waals surface area contributed by atoms with Crippen molar-refractivity contribution in [2.45, 2.75) is 38.9 Å². The van der Waals surface area contributed by atoms with E-state index in [1.807, 2.05) is 20.8 Å². The molecule has 0 saturated carbocycles. The van der Waals surface area contributed by atoms with Crippen LogP contribution < -0.4 is 0 Å². The van der Waals surface area contributed by atoms with Crippen LogP contribution in [0.4, 0.5) is 4.79 Å². The Bertz CT molecular complexity index is 237. The van der Waals surface area contributed by atoms with E-state index in [0.717, 1.165) is 6.42 Å². The fourth-order valence-corrected chi connectivity index (χ4v) is 1.58. The summed E-state index contributed by atoms with van der Waals surface area (Å²) in [7, 11) is 0. The van der Waals surface area contributed by atoms with E-state index in [9.17, 15) is 4.79 Å². The van der Waals surface area contributed by atoms with E-state index < -0.39 is 5.60 Å². The zero-order chi connectivity index (χ0) is 12.2. The molecule has 16 heavy (non-hydrogen) atoms. The van der Waals surface area contributed by atoms with Crippen molar-refractivity contribution in [3.63, 3.8) is 0 Å². The summed E-state index contributed by atoms with van der Waals surface area (Å²) in [4.78, 5) is 13.3. The van der Waals surface area contributed by atoms with Crippen molar-refractivity contribution in [1.29, 1.82) is 0 Å². The molecule has 0 bridgehead atoms. The summed E-state index contributed by atoms with van der Waals surface area (Å²) in [6.07, 6.45) is 0.543. The van der Waals surface area contributed by atoms with Crippen LogP contribution in [-0.2, 0) is 9.47 Å². The van der Waals surface area contributed by atoms with Gasteiger partial charge in [-0.2, -0.15) is 0 Å². The van der Waals surface area contributed by atoms with Crippen molar-refractivity contribution in [2.75, 3.05) is 26.3 Å². The van der Waals surface area contributed by atoms with Gasteiger partial charge in [-0.05, 0) is 27.2 Å². The molecule has 1 heterocycles. The Morgan fingerprint density at radius 3 is 2.75 bits per heavy atom. The number of amides is 1. The average molecular weight is 231 g/mol. The molecular formula is C11H21NO4. The molecule has 1 unspecified atom stereocenters. The highest BCUT2D eigenvalue weighted by Gasteiger charge is 2.29. The number of rotatable bonds is 3. The first-order chi connectivity index (χ1) is 7.42. The Balaban J connectivity index is 2.32. The van der Waals surface area contributed by atoms with Crippen molar-refractivity contribution in [3.8, 4) is 0 Å². The highest BCUT2D eigenvalue weighted by Crippen LogP contribution is 2.16. The highest BCUT2D eigenvalue weighted by atomic mass is 16.6. The second kappa shape index (κ2) is 5.50. The third-order valence-electron chi connectivity index (χ3n) is 2.24. The number of nitrogens with zero attached hydrogens (tertiary/aromatic N) is 1. The predicted molar refractivity (Wildman–Crippen MR) is 59.2 cm³/mol. The lowest BCUT2D eigenvalue weighted by molar-refractivity contribution is 0.0156. The number of carbonyl (C=O) groups excluding carboxylic acids is 1. The molecule has 0 radical (unpaired) electrons. The molecule has 5 nitrogen and oxygen atoms in total. The van der Waals surface area contributed by atoms with E-state index in [0.29, 0.717) is 19.7 Å². The number of hydrogen-bond donors (Lipinski definition) is 1. The Labute approximate surface area is 96.3 Å². The minimum absolute atomic E-state index is 0.0168. The van der Waals surface area contributed by atoms with E-state index in [2.05, 4.69) is 0 Å². The summed E-state index contributed by atoms with van der Waals surface area (Å²) in [6, 6.07) is 0. The number of ether oxygens (including phenoxy) is 2. The van der Waals surface area contributed by atoms with Crippen LogP contribution in [0.2, 0.25) is 0 Å². The summed E-state index contributed by atoms with van der Waals surface area (Å²) in [5, 5.41) is 8.62. The second-order valence-electron chi connectivity index (χ2n) is 4.93. The lowest BCUT2D eigenvalue weighted by Gasteiger charge is -2.24. The zero-order valence-corrected chi connectivity index (χ0v) is 10.2. The maximum absolute atomic E-state index is 11.7. The molecule has 1 aliphatic heterocycles. The first-order valence-corrected chi connectivity index (χ1v) is 5.63. The Hall–Kier alpha value is -0.810. The van der Waals surface area contributed by atoms with Crippen LogP contribution in [0.25, 0.3) is 0 Å². The predicted octanol–water partition coefficient (Wildman–Crippen LogP) is 1.00. The average Bonchev–Trinajstić information content (AvgIpc) is 2.60. The molecule has 1 amide bonds. The Morgan fingerprint density at radius 2 is 2.19 bits per heavy atom. The normalized spacial score (nSPS) is 21.2. The van der Waals surface area contributed by atoms with Gasteiger partial charge in [0.05, 0.1) is 25.9 Å². The van der Waals surface area contributed by atoms with Gasteiger partial charge in [-0.25, -0.2) is 4.79 Å². The molecular weight excluding hydrogens is 210 g/mol. The SMILES string of the molecule is CC(C)(C)OC(=O)N1CCC(OCCO)C1. The van der Waals surface area contributed by atoms with Crippen LogP contribution in [0.5, 0.6) is 0 Å². The fraction of sp³-hybridized carbons (Fsp3) is 0.909. The summed E-state index contributed by atoms with van der Waals surface area (Å²) in [5.74, 6) is 0. The van der Waals surface area contributed by atoms with E-state index in [1.54, 1.807) is 4.90 Å². The Kier molecular flexibility index (Phi) is 4.56. The van der Waals surface area contributed by atoms with Gasteiger partial charge < -0.3 is 19.5 Å². The van der Waals surface area contributed by atoms with Crippen molar-refractivity contribution in [1.82, 2.24) is 4.90 Å². The molecule has 1 rings (SSSR count). The molecule has 0 aromatic heterocycles. The molecule has 94 valence electrons. The number of carbonyl (C=O) groups is 1. The number of hydrogen-bond acceptors (Lipinski definition) is 4. The van der Waals surface area contributed by atoms with Gasteiger partial charge >= 0.3 is 6.09 Å². The summed E-state index contributed by atoms with van der Waals surface area (Å²) in [6.45, 7) is 7.10. The van der Waals surface area contributed by atoms with Gasteiger partial charge in [0.1, 0.15) is 5.60 Å². The topological polar surface area (TPSA) is 59.0 Å². The van der Waals surface area contributed by atoms with Gasteiger partial charge in [-0.1, -0.05) is 0 Å². The fourth-order valence-electron chi connectivity index (χ4n) is 1.58. The summed E-state index contributed by atoms with van der Waals surface area (Å²) in [5.41, 5.74) is -0.457. The number of aliphatic hydroxyl groups excluding tert-OH is 1. The van der Waals surface area contributed by atoms with Crippen LogP contribution >= 0.6 is 0 Å². The smallest absolute Gasteiger partial charge is 0.410 e. The third-order valence-corrected chi connectivity index (χ3v) is 2.24. The summed E-state index contributed by atoms with van der Waals surface area (Å²) < 4.78 is 10.6. The molecule has 0 aliphatic carbocycles. The minimum atomic E-state index is -0.457. The largest absolute Gasteiger partial charge is 0.444 e. The van der Waals surface area contributed by atoms with Crippen LogP contribution in [0.3, 0.4) is 0 Å². The maximum atomic E-state index is 11.7. The van der Waals surface area contributed by atoms with Crippen LogP contribution in [0.15, 0.2) is 0 Å². The zero-order valence-electron chi connectivity index (χ0n) is 10.2. The number of likely N-dealkylation sites (tertiary alicyclic amines) is 1. The van der Waals surface area contributed by atoms with Crippen molar-refractivity contribution in [3.05, 3.63) is 0 Å². The van der Waals surface area contributed by atoms with Gasteiger partial charge in [-0.3, -0.25) is 0 Å². The molecule has 5 heteroatoms. The summed E-state index contributed by atoms with van der Waals surface area (Å²) >= 11 is 0. The highest BCUT2D eigenvalue weighted by molar-refractivity contribution is 5.68. The minimum Gasteiger partial charge on any atom is -0.444 e. The molecule has 0 aromatic rings. The molecule has 0 spiro atoms. The lowest BCUT2D eigenvalue weighted by Crippen LogP contribution is -2.36. The van der Waals surface area contributed by atoms with Crippen LogP contribution in [-0.4, -0.2) is 54.1 Å². The monoisotopic (exact) mass is 231 g/mol. The van der Waals surface area contributed by atoms with E-state index >= 15 is 0 Å². The molecule has 1 aliphatic rings. The molecule has 0 aromatic carbocycles. The van der Waals surface area contributed by atoms with E-state index in [1.165, 1.54) is 0 Å². The molecule has 1 saturated heterocycles. The molecule has 1 N–H and O–H groups in total. The lowest BCUT2D eigenvalue weighted by atomic mass is 10.2. The molecule has 1 atom stereocenters. The van der Waals surface area contributed by atoms with Crippen LogP contribution in [0.1, 0.15) is 27.2 Å². The van der Waals surface area contributed by atoms with Gasteiger partial charge in [0.25, 0.3) is 0 Å². The molecule has 1 fully saturated rings. The quantitative estimate of drug-likeness (QED) is 0.787. The van der Waals surface area contributed by atoms with Gasteiger partial charge in [-0.15, -0.1) is 0 Å². The second-order valence-corrected chi connectivity index (χ2v) is 4.93. The van der Waals surface area contributed by atoms with Gasteiger partial charge in [0.15, 0.2) is 0 Å². The van der Waals surface area contributed by atoms with Crippen molar-refractivity contribution < 1.29 is 19.4 Å². The first kappa shape index (κ1) is 13.3. The van der Waals surface area contributed by atoms with E-state index in [-0.39, 0.29) is 18.8 Å².